The summed E-state index contributed by atoms with van der Waals surface area (Å²) in [6.45, 7) is 2.36. The fourth-order valence-corrected chi connectivity index (χ4v) is 3.62. The number of aliphatic imine (C=N–C) groups is 1. The van der Waals surface area contributed by atoms with E-state index in [1.807, 2.05) is 6.92 Å². The highest BCUT2D eigenvalue weighted by molar-refractivity contribution is 7.09. The van der Waals surface area contributed by atoms with E-state index in [2.05, 4.69) is 15.0 Å². The Hall–Kier alpha value is -2.22. The zero-order valence-corrected chi connectivity index (χ0v) is 17.4. The van der Waals surface area contributed by atoms with Crippen LogP contribution in [0.2, 0.25) is 10.0 Å². The van der Waals surface area contributed by atoms with Crippen molar-refractivity contribution in [2.45, 2.75) is 13.3 Å². The molecule has 28 heavy (non-hydrogen) atoms. The quantitative estimate of drug-likeness (QED) is 0.434. The number of methoxy groups -OCH3 is 1. The average molecular weight is 440 g/mol. The van der Waals surface area contributed by atoms with Gasteiger partial charge in [-0.1, -0.05) is 23.2 Å². The second-order valence-corrected chi connectivity index (χ2v) is 7.43. The van der Waals surface area contributed by atoms with Crippen molar-refractivity contribution in [2.75, 3.05) is 13.7 Å². The van der Waals surface area contributed by atoms with Gasteiger partial charge in [0.15, 0.2) is 11.5 Å². The first kappa shape index (κ1) is 20.5. The molecule has 0 atom stereocenters. The lowest BCUT2D eigenvalue weighted by Gasteiger charge is -2.11. The van der Waals surface area contributed by atoms with E-state index in [1.165, 1.54) is 25.6 Å². The summed E-state index contributed by atoms with van der Waals surface area (Å²) in [5, 5.41) is 0.320. The Kier molecular flexibility index (Phi) is 6.83. The van der Waals surface area contributed by atoms with Crippen LogP contribution >= 0.6 is 34.5 Å². The highest BCUT2D eigenvalue weighted by Crippen LogP contribution is 2.34. The molecule has 0 fully saturated rings. The van der Waals surface area contributed by atoms with E-state index in [0.717, 1.165) is 10.6 Å². The zero-order chi connectivity index (χ0) is 20.1. The van der Waals surface area contributed by atoms with E-state index < -0.39 is 5.97 Å². The van der Waals surface area contributed by atoms with E-state index in [9.17, 15) is 4.39 Å². The first-order chi connectivity index (χ1) is 13.5. The summed E-state index contributed by atoms with van der Waals surface area (Å²) in [5.41, 5.74) is 3.12. The molecule has 3 aromatic rings. The van der Waals surface area contributed by atoms with Crippen LogP contribution in [0.4, 0.5) is 10.1 Å². The fraction of sp³-hybridized carbons (Fsp3) is 0.211. The van der Waals surface area contributed by atoms with E-state index in [0.29, 0.717) is 24.5 Å². The number of hydrogen-bond donors (Lipinski definition) is 0. The smallest absolute Gasteiger partial charge is 0.220 e. The van der Waals surface area contributed by atoms with Crippen LogP contribution in [0.15, 0.2) is 41.1 Å². The SMILES string of the molecule is COc1ccc(/C(F)=N/c2c(Cl)cncc2Cl)cc1OCCc1scnc1C. The Labute approximate surface area is 175 Å². The topological polar surface area (TPSA) is 56.6 Å². The molecular formula is C19H16Cl2FN3O2S. The molecule has 1 aromatic carbocycles. The predicted octanol–water partition coefficient (Wildman–Crippen LogP) is 5.83. The van der Waals surface area contributed by atoms with Gasteiger partial charge in [0.25, 0.3) is 0 Å². The maximum Gasteiger partial charge on any atom is 0.220 e. The van der Waals surface area contributed by atoms with E-state index in [4.69, 9.17) is 32.7 Å². The molecule has 0 radical (unpaired) electrons. The van der Waals surface area contributed by atoms with Crippen LogP contribution in [-0.2, 0) is 6.42 Å². The standard InChI is InChI=1S/C19H16Cl2FN3O2S/c1-11-17(28-10-24-11)5-6-27-16-7-12(3-4-15(16)26-2)19(22)25-18-13(20)8-23-9-14(18)21/h3-4,7-10H,5-6H2,1-2H3/b25-19-. The second-order valence-electron chi connectivity index (χ2n) is 5.68. The lowest BCUT2D eigenvalue weighted by Crippen LogP contribution is -2.04. The Morgan fingerprint density at radius 3 is 2.61 bits per heavy atom. The molecule has 0 amide bonds. The van der Waals surface area contributed by atoms with Gasteiger partial charge in [0.1, 0.15) is 5.69 Å². The highest BCUT2D eigenvalue weighted by atomic mass is 35.5. The van der Waals surface area contributed by atoms with Gasteiger partial charge in [0, 0.05) is 29.3 Å². The third kappa shape index (κ3) is 4.79. The van der Waals surface area contributed by atoms with Crippen LogP contribution in [0.5, 0.6) is 11.5 Å². The number of pyridine rings is 1. The number of thiazole rings is 1. The van der Waals surface area contributed by atoms with Crippen LogP contribution in [0.25, 0.3) is 0 Å². The first-order valence-electron chi connectivity index (χ1n) is 8.23. The second kappa shape index (κ2) is 9.32. The fourth-order valence-electron chi connectivity index (χ4n) is 2.41. The number of rotatable bonds is 7. The first-order valence-corrected chi connectivity index (χ1v) is 9.86. The van der Waals surface area contributed by atoms with Gasteiger partial charge in [-0.25, -0.2) is 9.98 Å². The number of benzene rings is 1. The Morgan fingerprint density at radius 2 is 1.96 bits per heavy atom. The molecule has 5 nitrogen and oxygen atoms in total. The summed E-state index contributed by atoms with van der Waals surface area (Å²) in [6, 6.07) is 4.69. The Balaban J connectivity index is 1.81. The van der Waals surface area contributed by atoms with Crippen molar-refractivity contribution in [2.24, 2.45) is 4.99 Å². The summed E-state index contributed by atoms with van der Waals surface area (Å²) in [6.07, 6.45) is 3.40. The number of aromatic nitrogens is 2. The molecule has 0 aliphatic carbocycles. The van der Waals surface area contributed by atoms with Crippen molar-refractivity contribution in [3.8, 4) is 11.5 Å². The molecule has 2 aromatic heterocycles. The Bertz CT molecular complexity index is 990. The minimum atomic E-state index is -0.749. The van der Waals surface area contributed by atoms with Crippen molar-refractivity contribution in [1.82, 2.24) is 9.97 Å². The summed E-state index contributed by atoms with van der Waals surface area (Å²) < 4.78 is 25.8. The molecule has 0 spiro atoms. The van der Waals surface area contributed by atoms with Crippen LogP contribution in [-0.4, -0.2) is 29.7 Å². The third-order valence-corrected chi connectivity index (χ3v) is 5.42. The summed E-state index contributed by atoms with van der Waals surface area (Å²) in [5.74, 6) is 0.165. The lowest BCUT2D eigenvalue weighted by molar-refractivity contribution is 0.298. The largest absolute Gasteiger partial charge is 0.493 e. The molecule has 0 saturated heterocycles. The summed E-state index contributed by atoms with van der Waals surface area (Å²) in [4.78, 5) is 13.1. The van der Waals surface area contributed by atoms with Gasteiger partial charge in [-0.2, -0.15) is 4.39 Å². The normalized spacial score (nSPS) is 11.5. The molecule has 0 aliphatic heterocycles. The maximum atomic E-state index is 14.7. The number of ether oxygens (including phenoxy) is 2. The van der Waals surface area contributed by atoms with Crippen molar-refractivity contribution in [1.29, 1.82) is 0 Å². The van der Waals surface area contributed by atoms with Crippen LogP contribution < -0.4 is 9.47 Å². The van der Waals surface area contributed by atoms with E-state index in [1.54, 1.807) is 29.0 Å². The zero-order valence-electron chi connectivity index (χ0n) is 15.1. The van der Waals surface area contributed by atoms with Gasteiger partial charge in [-0.15, -0.1) is 11.3 Å². The summed E-state index contributed by atoms with van der Waals surface area (Å²) in [7, 11) is 1.52. The monoisotopic (exact) mass is 439 g/mol. The molecular weight excluding hydrogens is 424 g/mol. The summed E-state index contributed by atoms with van der Waals surface area (Å²) >= 11 is 13.6. The van der Waals surface area contributed by atoms with E-state index >= 15 is 0 Å². The molecule has 2 heterocycles. The molecule has 0 saturated carbocycles. The molecule has 0 N–H and O–H groups in total. The van der Waals surface area contributed by atoms with Gasteiger partial charge in [-0.05, 0) is 25.1 Å². The molecule has 146 valence electrons. The number of halogens is 3. The molecule has 0 unspecified atom stereocenters. The maximum absolute atomic E-state index is 14.7. The average Bonchev–Trinajstić information content (AvgIpc) is 3.09. The Morgan fingerprint density at radius 1 is 1.21 bits per heavy atom. The van der Waals surface area contributed by atoms with Crippen LogP contribution in [0, 0.1) is 6.92 Å². The number of aryl methyl sites for hydroxylation is 1. The van der Waals surface area contributed by atoms with Crippen molar-refractivity contribution in [3.63, 3.8) is 0 Å². The third-order valence-electron chi connectivity index (χ3n) is 3.87. The number of nitrogens with zero attached hydrogens (tertiary/aromatic N) is 3. The lowest BCUT2D eigenvalue weighted by atomic mass is 10.2. The van der Waals surface area contributed by atoms with Crippen molar-refractivity contribution >= 4 is 46.2 Å². The predicted molar refractivity (Wildman–Crippen MR) is 111 cm³/mol. The minimum Gasteiger partial charge on any atom is -0.493 e. The van der Waals surface area contributed by atoms with E-state index in [-0.39, 0.29) is 21.3 Å². The van der Waals surface area contributed by atoms with Crippen molar-refractivity contribution < 1.29 is 13.9 Å². The van der Waals surface area contributed by atoms with Gasteiger partial charge >= 0.3 is 0 Å². The minimum absolute atomic E-state index is 0.120. The van der Waals surface area contributed by atoms with Crippen LogP contribution in [0.3, 0.4) is 0 Å². The molecule has 0 bridgehead atoms. The molecule has 3 rings (SSSR count). The van der Waals surface area contributed by atoms with Gasteiger partial charge < -0.3 is 9.47 Å². The molecule has 0 aliphatic rings. The number of hydrogen-bond acceptors (Lipinski definition) is 6. The highest BCUT2D eigenvalue weighted by Gasteiger charge is 2.13. The molecule has 9 heteroatoms. The van der Waals surface area contributed by atoms with Gasteiger partial charge in [-0.3, -0.25) is 4.98 Å². The van der Waals surface area contributed by atoms with Crippen molar-refractivity contribution in [3.05, 3.63) is 62.3 Å². The van der Waals surface area contributed by atoms with Gasteiger partial charge in [0.05, 0.1) is 35.0 Å². The van der Waals surface area contributed by atoms with Crippen LogP contribution in [0.1, 0.15) is 16.1 Å². The van der Waals surface area contributed by atoms with Gasteiger partial charge in [0.2, 0.25) is 5.97 Å².